The molecule has 3 aromatic heterocycles. The number of hydrogen-bond donors (Lipinski definition) is 4. The Morgan fingerprint density at radius 3 is 2.90 bits per heavy atom. The lowest BCUT2D eigenvalue weighted by atomic mass is 10.2. The first kappa shape index (κ1) is 18.4. The summed E-state index contributed by atoms with van der Waals surface area (Å²) in [5, 5.41) is 18.8. The van der Waals surface area contributed by atoms with E-state index in [1.54, 1.807) is 16.8 Å². The van der Waals surface area contributed by atoms with Crippen molar-refractivity contribution in [2.24, 2.45) is 4.99 Å². The Labute approximate surface area is 174 Å². The van der Waals surface area contributed by atoms with Gasteiger partial charge in [0.25, 0.3) is 0 Å². The highest BCUT2D eigenvalue weighted by molar-refractivity contribution is 6.30. The second-order valence-electron chi connectivity index (χ2n) is 7.27. The minimum Gasteiger partial charge on any atom is -0.493 e. The zero-order chi connectivity index (χ0) is 20.8. The summed E-state index contributed by atoms with van der Waals surface area (Å²) in [7, 11) is 0. The van der Waals surface area contributed by atoms with Crippen LogP contribution < -0.4 is 21.7 Å². The van der Waals surface area contributed by atoms with Crippen molar-refractivity contribution < 1.29 is 5.11 Å². The van der Waals surface area contributed by atoms with Crippen LogP contribution in [0.5, 0.6) is 5.88 Å². The van der Waals surface area contributed by atoms with E-state index in [0.29, 0.717) is 27.2 Å². The summed E-state index contributed by atoms with van der Waals surface area (Å²) in [6, 6.07) is 7.74. The molecule has 0 radical (unpaired) electrons. The molecule has 1 aliphatic carbocycles. The first-order valence-electron chi connectivity index (χ1n) is 9.45. The van der Waals surface area contributed by atoms with Crippen LogP contribution in [0.15, 0.2) is 40.2 Å². The molecule has 30 heavy (non-hydrogen) atoms. The molecular formula is C20H18ClN7O2. The van der Waals surface area contributed by atoms with Crippen LogP contribution in [0.25, 0.3) is 11.7 Å². The van der Waals surface area contributed by atoms with Gasteiger partial charge in [0.2, 0.25) is 5.88 Å². The molecule has 0 bridgehead atoms. The van der Waals surface area contributed by atoms with Gasteiger partial charge in [-0.15, -0.1) is 0 Å². The number of benzene rings is 1. The van der Waals surface area contributed by atoms with E-state index in [0.717, 1.165) is 24.1 Å². The van der Waals surface area contributed by atoms with Gasteiger partial charge in [-0.05, 0) is 43.5 Å². The van der Waals surface area contributed by atoms with Crippen molar-refractivity contribution in [3.63, 3.8) is 0 Å². The number of nitrogens with one attached hydrogen (secondary N) is 3. The van der Waals surface area contributed by atoms with Crippen molar-refractivity contribution >= 4 is 34.8 Å². The van der Waals surface area contributed by atoms with Crippen LogP contribution in [0.1, 0.15) is 24.1 Å². The number of aryl methyl sites for hydroxylation is 1. The van der Waals surface area contributed by atoms with Crippen LogP contribution in [0.3, 0.4) is 0 Å². The highest BCUT2D eigenvalue weighted by Crippen LogP contribution is 2.24. The van der Waals surface area contributed by atoms with Gasteiger partial charge >= 0.3 is 5.69 Å². The lowest BCUT2D eigenvalue weighted by Gasteiger charge is -2.09. The lowest BCUT2D eigenvalue weighted by Crippen LogP contribution is -2.20. The number of rotatable bonds is 4. The number of aromatic hydroxyl groups is 1. The Hall–Kier alpha value is -3.59. The zero-order valence-corrected chi connectivity index (χ0v) is 16.7. The van der Waals surface area contributed by atoms with E-state index in [1.165, 1.54) is 0 Å². The molecule has 0 amide bonds. The zero-order valence-electron chi connectivity index (χ0n) is 16.0. The number of nitrogens with zero attached hydrogens (tertiary/aromatic N) is 4. The van der Waals surface area contributed by atoms with E-state index in [9.17, 15) is 9.90 Å². The molecule has 9 nitrogen and oxygen atoms in total. The molecule has 0 aliphatic heterocycles. The third-order valence-electron chi connectivity index (χ3n) is 4.84. The quantitative estimate of drug-likeness (QED) is 0.398. The number of aromatic nitrogens is 5. The van der Waals surface area contributed by atoms with Crippen molar-refractivity contribution in [3.8, 4) is 5.88 Å². The van der Waals surface area contributed by atoms with Crippen molar-refractivity contribution in [2.45, 2.75) is 25.8 Å². The first-order chi connectivity index (χ1) is 14.5. The van der Waals surface area contributed by atoms with Gasteiger partial charge in [-0.1, -0.05) is 17.7 Å². The maximum absolute atomic E-state index is 11.4. The summed E-state index contributed by atoms with van der Waals surface area (Å²) in [4.78, 5) is 25.7. The minimum atomic E-state index is -0.494. The van der Waals surface area contributed by atoms with Crippen molar-refractivity contribution in [2.75, 3.05) is 5.32 Å². The van der Waals surface area contributed by atoms with Gasteiger partial charge in [0.1, 0.15) is 11.5 Å². The molecule has 1 aliphatic rings. The predicted molar refractivity (Wildman–Crippen MR) is 113 cm³/mol. The molecule has 0 spiro atoms. The fourth-order valence-electron chi connectivity index (χ4n) is 3.13. The molecule has 5 rings (SSSR count). The molecule has 0 unspecified atom stereocenters. The van der Waals surface area contributed by atoms with E-state index < -0.39 is 5.69 Å². The molecule has 1 saturated carbocycles. The highest BCUT2D eigenvalue weighted by Gasteiger charge is 2.20. The summed E-state index contributed by atoms with van der Waals surface area (Å²) < 4.78 is 1.65. The number of halogens is 1. The lowest BCUT2D eigenvalue weighted by molar-refractivity contribution is 0.454. The Kier molecular flexibility index (Phi) is 4.32. The van der Waals surface area contributed by atoms with Gasteiger partial charge in [-0.2, -0.15) is 9.61 Å². The van der Waals surface area contributed by atoms with E-state index in [4.69, 9.17) is 21.6 Å². The molecular weight excluding hydrogens is 406 g/mol. The monoisotopic (exact) mass is 423 g/mol. The van der Waals surface area contributed by atoms with E-state index >= 15 is 0 Å². The molecule has 0 atom stereocenters. The summed E-state index contributed by atoms with van der Waals surface area (Å²) in [6.07, 6.45) is 5.34. The largest absolute Gasteiger partial charge is 0.493 e. The number of H-pyrrole nitrogens is 2. The smallest absolute Gasteiger partial charge is 0.326 e. The van der Waals surface area contributed by atoms with Crippen LogP contribution in [0.2, 0.25) is 5.02 Å². The van der Waals surface area contributed by atoms with E-state index in [2.05, 4.69) is 20.4 Å². The number of hydrogen-bond acceptors (Lipinski definition) is 6. The average molecular weight is 424 g/mol. The highest BCUT2D eigenvalue weighted by atomic mass is 35.5. The van der Waals surface area contributed by atoms with Crippen LogP contribution in [-0.2, 0) is 0 Å². The normalized spacial score (nSPS) is 15.3. The molecule has 3 heterocycles. The molecule has 4 aromatic rings. The van der Waals surface area contributed by atoms with E-state index in [1.807, 2.05) is 31.2 Å². The SMILES string of the molecule is Cc1ccc(Cl)cc1Nc1cc(=NC2CC2)n2nc/c(=C/c3[nH]c(=O)[nH]c3O)c2n1. The Morgan fingerprint density at radius 2 is 2.17 bits per heavy atom. The maximum atomic E-state index is 11.4. The fourth-order valence-corrected chi connectivity index (χ4v) is 3.30. The van der Waals surface area contributed by atoms with Gasteiger partial charge in [-0.3, -0.25) is 9.98 Å². The standard InChI is InChI=1S/C20H18ClN7O2/c1-10-2-3-12(21)7-14(10)24-16-8-17(23-13-4-5-13)28-18(26-16)11(9-22-28)6-15-19(29)27-20(30)25-15/h2-3,6-9,13,24,29H,4-5H2,1H3,(H2,25,27,30)/b11-6-,23-17?. The third kappa shape index (κ3) is 3.55. The van der Waals surface area contributed by atoms with E-state index in [-0.39, 0.29) is 17.6 Å². The Balaban J connectivity index is 1.69. The summed E-state index contributed by atoms with van der Waals surface area (Å²) in [5.41, 5.74) is 2.84. The second kappa shape index (κ2) is 7.03. The third-order valence-corrected chi connectivity index (χ3v) is 5.07. The topological polar surface area (TPSA) is 123 Å². The van der Waals surface area contributed by atoms with Crippen LogP contribution in [0.4, 0.5) is 11.5 Å². The van der Waals surface area contributed by atoms with Crippen molar-refractivity contribution in [1.82, 2.24) is 24.6 Å². The van der Waals surface area contributed by atoms with Crippen LogP contribution in [0, 0.1) is 6.92 Å². The fraction of sp³-hybridized carbons (Fsp3) is 0.200. The van der Waals surface area contributed by atoms with Crippen molar-refractivity contribution in [3.05, 3.63) is 67.9 Å². The molecule has 1 aromatic carbocycles. The first-order valence-corrected chi connectivity index (χ1v) is 9.83. The van der Waals surface area contributed by atoms with Crippen molar-refractivity contribution in [1.29, 1.82) is 0 Å². The van der Waals surface area contributed by atoms with Crippen LogP contribution in [-0.4, -0.2) is 35.7 Å². The average Bonchev–Trinajstić information content (AvgIpc) is 3.34. The molecule has 152 valence electrons. The second-order valence-corrected chi connectivity index (χ2v) is 7.70. The van der Waals surface area contributed by atoms with Gasteiger partial charge < -0.3 is 15.4 Å². The number of fused-ring (bicyclic) bond motifs is 1. The Bertz CT molecular complexity index is 1450. The van der Waals surface area contributed by atoms with Gasteiger partial charge in [0, 0.05) is 22.0 Å². The number of anilines is 2. The maximum Gasteiger partial charge on any atom is 0.326 e. The Morgan fingerprint density at radius 1 is 1.33 bits per heavy atom. The summed E-state index contributed by atoms with van der Waals surface area (Å²) in [6.45, 7) is 1.98. The number of aromatic amines is 2. The van der Waals surface area contributed by atoms with Crippen LogP contribution >= 0.6 is 11.6 Å². The minimum absolute atomic E-state index is 0.244. The van der Waals surface area contributed by atoms with Gasteiger partial charge in [0.15, 0.2) is 11.1 Å². The molecule has 4 N–H and O–H groups in total. The molecule has 1 fully saturated rings. The predicted octanol–water partition coefficient (Wildman–Crippen LogP) is 1.77. The summed E-state index contributed by atoms with van der Waals surface area (Å²) >= 11 is 6.15. The van der Waals surface area contributed by atoms with Gasteiger partial charge in [-0.25, -0.2) is 9.78 Å². The number of imidazole rings is 1. The summed E-state index contributed by atoms with van der Waals surface area (Å²) in [5.74, 6) is 0.347. The molecule has 10 heteroatoms. The molecule has 0 saturated heterocycles. The van der Waals surface area contributed by atoms with Gasteiger partial charge in [0.05, 0.1) is 12.2 Å².